The SMILES string of the molecule is CCN1CC[C@@H](C(=O)N2CCC(CN3C(=O)OCC3(C)C)(C3CCCCC3)CC2)C(c2ccc(Cl)cc2)C1. The Labute approximate surface area is 234 Å². The van der Waals surface area contributed by atoms with Crippen LogP contribution < -0.4 is 0 Å². The molecule has 3 heterocycles. The summed E-state index contributed by atoms with van der Waals surface area (Å²) in [5, 5.41) is 0.736. The second kappa shape index (κ2) is 11.4. The molecular weight excluding hydrogens is 498 g/mol. The number of rotatable bonds is 6. The van der Waals surface area contributed by atoms with Gasteiger partial charge >= 0.3 is 6.09 Å². The van der Waals surface area contributed by atoms with Crippen LogP contribution in [0.15, 0.2) is 24.3 Å². The van der Waals surface area contributed by atoms with Crippen LogP contribution >= 0.6 is 11.6 Å². The average Bonchev–Trinajstić information content (AvgIpc) is 3.20. The third-order valence-corrected chi connectivity index (χ3v) is 10.5. The molecule has 6 nitrogen and oxygen atoms in total. The highest BCUT2D eigenvalue weighted by molar-refractivity contribution is 6.30. The van der Waals surface area contributed by atoms with Gasteiger partial charge in [0.15, 0.2) is 0 Å². The molecule has 1 unspecified atom stereocenters. The second-order valence-corrected chi connectivity index (χ2v) is 13.4. The molecule has 2 atom stereocenters. The molecule has 7 heteroatoms. The Kier molecular flexibility index (Phi) is 8.31. The minimum atomic E-state index is -0.273. The average molecular weight is 544 g/mol. The van der Waals surface area contributed by atoms with E-state index in [4.69, 9.17) is 16.3 Å². The van der Waals surface area contributed by atoms with Crippen molar-refractivity contribution in [1.29, 1.82) is 0 Å². The molecule has 210 valence electrons. The van der Waals surface area contributed by atoms with Crippen LogP contribution in [-0.2, 0) is 9.53 Å². The lowest BCUT2D eigenvalue weighted by molar-refractivity contribution is -0.141. The minimum absolute atomic E-state index is 0.00801. The van der Waals surface area contributed by atoms with Gasteiger partial charge in [-0.1, -0.05) is 49.9 Å². The summed E-state index contributed by atoms with van der Waals surface area (Å²) in [6.07, 6.45) is 9.04. The molecule has 0 N–H and O–H groups in total. The van der Waals surface area contributed by atoms with E-state index >= 15 is 0 Å². The standard InChI is InChI=1S/C31H46ClN3O3/c1-4-33-17-14-26(27(20-33)23-10-12-25(32)13-11-23)28(36)34-18-15-31(16-19-34,24-8-6-5-7-9-24)21-35-29(37)38-22-30(35,2)3/h10-13,24,26-27H,4-9,14-22H2,1-3H3/t26-,27?/m1/s1. The van der Waals surface area contributed by atoms with E-state index in [9.17, 15) is 9.59 Å². The van der Waals surface area contributed by atoms with E-state index in [0.29, 0.717) is 18.4 Å². The second-order valence-electron chi connectivity index (χ2n) is 12.9. The van der Waals surface area contributed by atoms with Crippen molar-refractivity contribution in [3.63, 3.8) is 0 Å². The molecule has 3 aliphatic heterocycles. The maximum absolute atomic E-state index is 14.1. The van der Waals surface area contributed by atoms with Gasteiger partial charge in [0.1, 0.15) is 6.61 Å². The lowest BCUT2D eigenvalue weighted by Gasteiger charge is -2.51. The predicted molar refractivity (Wildman–Crippen MR) is 151 cm³/mol. The van der Waals surface area contributed by atoms with E-state index in [1.807, 2.05) is 17.0 Å². The number of hydrogen-bond donors (Lipinski definition) is 0. The smallest absolute Gasteiger partial charge is 0.410 e. The number of likely N-dealkylation sites (tertiary alicyclic amines) is 2. The zero-order chi connectivity index (χ0) is 26.9. The molecule has 1 aliphatic carbocycles. The molecule has 3 saturated heterocycles. The maximum atomic E-state index is 14.1. The molecule has 0 spiro atoms. The molecule has 4 aliphatic rings. The van der Waals surface area contributed by atoms with Crippen molar-refractivity contribution < 1.29 is 14.3 Å². The largest absolute Gasteiger partial charge is 0.447 e. The number of piperidine rings is 2. The summed E-state index contributed by atoms with van der Waals surface area (Å²) in [4.78, 5) is 33.4. The Bertz CT molecular complexity index is 983. The third kappa shape index (κ3) is 5.58. The van der Waals surface area contributed by atoms with Crippen LogP contribution in [0.1, 0.15) is 83.6 Å². The van der Waals surface area contributed by atoms with Crippen molar-refractivity contribution in [3.05, 3.63) is 34.9 Å². The summed E-state index contributed by atoms with van der Waals surface area (Å²) in [7, 11) is 0. The van der Waals surface area contributed by atoms with Gasteiger partial charge in [0, 0.05) is 43.0 Å². The van der Waals surface area contributed by atoms with Gasteiger partial charge in [0.05, 0.1) is 5.54 Å². The van der Waals surface area contributed by atoms with Crippen molar-refractivity contribution in [2.24, 2.45) is 17.3 Å². The Hall–Kier alpha value is -1.79. The fourth-order valence-corrected chi connectivity index (χ4v) is 7.83. The Morgan fingerprint density at radius 2 is 1.71 bits per heavy atom. The Morgan fingerprint density at radius 3 is 2.32 bits per heavy atom. The minimum Gasteiger partial charge on any atom is -0.447 e. The van der Waals surface area contributed by atoms with Gasteiger partial charge in [-0.25, -0.2) is 4.79 Å². The summed E-state index contributed by atoms with van der Waals surface area (Å²) >= 11 is 6.19. The van der Waals surface area contributed by atoms with Crippen LogP contribution in [-0.4, -0.2) is 78.1 Å². The molecule has 1 aromatic rings. The number of halogens is 1. The molecule has 0 bridgehead atoms. The van der Waals surface area contributed by atoms with Gasteiger partial charge < -0.3 is 14.5 Å². The number of hydrogen-bond acceptors (Lipinski definition) is 4. The zero-order valence-corrected chi connectivity index (χ0v) is 24.3. The summed E-state index contributed by atoms with van der Waals surface area (Å²) in [6.45, 7) is 12.1. The Morgan fingerprint density at radius 1 is 1.03 bits per heavy atom. The van der Waals surface area contributed by atoms with Crippen LogP contribution in [0, 0.1) is 17.3 Å². The number of cyclic esters (lactones) is 1. The van der Waals surface area contributed by atoms with E-state index in [-0.39, 0.29) is 28.9 Å². The normalized spacial score (nSPS) is 28.4. The first kappa shape index (κ1) is 27.8. The van der Waals surface area contributed by atoms with Crippen LogP contribution in [0.25, 0.3) is 0 Å². The maximum Gasteiger partial charge on any atom is 0.410 e. The van der Waals surface area contributed by atoms with Crippen molar-refractivity contribution in [1.82, 2.24) is 14.7 Å². The lowest BCUT2D eigenvalue weighted by Crippen LogP contribution is -2.56. The number of nitrogens with zero attached hydrogens (tertiary/aromatic N) is 3. The summed E-state index contributed by atoms with van der Waals surface area (Å²) in [5.74, 6) is 1.14. The van der Waals surface area contributed by atoms with Gasteiger partial charge in [-0.2, -0.15) is 0 Å². The fourth-order valence-electron chi connectivity index (χ4n) is 7.70. The molecule has 2 amide bonds. The molecule has 0 aromatic heterocycles. The fraction of sp³-hybridized carbons (Fsp3) is 0.742. The van der Waals surface area contributed by atoms with E-state index < -0.39 is 0 Å². The highest BCUT2D eigenvalue weighted by Crippen LogP contribution is 2.48. The number of likely N-dealkylation sites (N-methyl/N-ethyl adjacent to an activating group) is 1. The van der Waals surface area contributed by atoms with Gasteiger partial charge in [-0.15, -0.1) is 0 Å². The molecular formula is C31H46ClN3O3. The van der Waals surface area contributed by atoms with Gasteiger partial charge in [-0.3, -0.25) is 9.69 Å². The highest BCUT2D eigenvalue weighted by atomic mass is 35.5. The number of ether oxygens (including phenoxy) is 1. The number of benzene rings is 1. The number of amides is 2. The molecule has 4 fully saturated rings. The topological polar surface area (TPSA) is 53.1 Å². The lowest BCUT2D eigenvalue weighted by atomic mass is 9.63. The van der Waals surface area contributed by atoms with E-state index in [1.54, 1.807) is 0 Å². The van der Waals surface area contributed by atoms with E-state index in [1.165, 1.54) is 37.7 Å². The first-order chi connectivity index (χ1) is 18.2. The first-order valence-corrected chi connectivity index (χ1v) is 15.3. The van der Waals surface area contributed by atoms with Crippen LogP contribution in [0.4, 0.5) is 4.79 Å². The number of carbonyl (C=O) groups excluding carboxylic acids is 2. The zero-order valence-electron chi connectivity index (χ0n) is 23.6. The summed E-state index contributed by atoms with van der Waals surface area (Å²) in [6, 6.07) is 8.11. The Balaban J connectivity index is 1.32. The van der Waals surface area contributed by atoms with E-state index in [2.05, 4.69) is 42.7 Å². The van der Waals surface area contributed by atoms with Crippen molar-refractivity contribution in [2.75, 3.05) is 45.9 Å². The van der Waals surface area contributed by atoms with Gasteiger partial charge in [0.25, 0.3) is 0 Å². The number of carbonyl (C=O) groups is 2. The molecule has 0 radical (unpaired) electrons. The summed E-state index contributed by atoms with van der Waals surface area (Å²) < 4.78 is 5.48. The van der Waals surface area contributed by atoms with Crippen LogP contribution in [0.2, 0.25) is 5.02 Å². The quantitative estimate of drug-likeness (QED) is 0.429. The van der Waals surface area contributed by atoms with Gasteiger partial charge in [0.2, 0.25) is 5.91 Å². The first-order valence-electron chi connectivity index (χ1n) is 14.9. The van der Waals surface area contributed by atoms with Crippen molar-refractivity contribution in [3.8, 4) is 0 Å². The van der Waals surface area contributed by atoms with E-state index in [0.717, 1.165) is 63.6 Å². The predicted octanol–water partition coefficient (Wildman–Crippen LogP) is 6.19. The molecule has 1 aromatic carbocycles. The molecule has 1 saturated carbocycles. The monoisotopic (exact) mass is 543 g/mol. The highest BCUT2D eigenvalue weighted by Gasteiger charge is 2.50. The summed E-state index contributed by atoms with van der Waals surface area (Å²) in [5.41, 5.74) is 1.01. The van der Waals surface area contributed by atoms with Gasteiger partial charge in [-0.05, 0) is 88.1 Å². The van der Waals surface area contributed by atoms with Crippen LogP contribution in [0.3, 0.4) is 0 Å². The third-order valence-electron chi connectivity index (χ3n) is 10.3. The van der Waals surface area contributed by atoms with Crippen LogP contribution in [0.5, 0.6) is 0 Å². The van der Waals surface area contributed by atoms with Crippen molar-refractivity contribution >= 4 is 23.6 Å². The van der Waals surface area contributed by atoms with Crippen molar-refractivity contribution in [2.45, 2.75) is 83.6 Å². The molecule has 38 heavy (non-hydrogen) atoms. The molecule has 5 rings (SSSR count).